The van der Waals surface area contributed by atoms with Crippen LogP contribution in [0.15, 0.2) is 40.9 Å². The maximum atomic E-state index is 12.4. The number of methoxy groups -OCH3 is 1. The number of ether oxygens (including phenoxy) is 2. The van der Waals surface area contributed by atoms with E-state index in [4.69, 9.17) is 4.74 Å². The van der Waals surface area contributed by atoms with Crippen molar-refractivity contribution in [1.82, 2.24) is 20.1 Å². The molecule has 1 aliphatic rings. The summed E-state index contributed by atoms with van der Waals surface area (Å²) in [6, 6.07) is 9.08. The number of carbonyl (C=O) groups is 1. The van der Waals surface area contributed by atoms with E-state index in [0.717, 1.165) is 30.2 Å². The molecule has 1 fully saturated rings. The molecule has 1 amide bonds. The third-order valence-electron chi connectivity index (χ3n) is 4.83. The number of alkyl halides is 2. The van der Waals surface area contributed by atoms with Gasteiger partial charge in [-0.05, 0) is 42.0 Å². The summed E-state index contributed by atoms with van der Waals surface area (Å²) in [5, 5.41) is 14.3. The van der Waals surface area contributed by atoms with Crippen molar-refractivity contribution in [3.05, 3.63) is 52.0 Å². The number of thioether (sulfide) groups is 1. The lowest BCUT2D eigenvalue weighted by molar-refractivity contribution is -0.118. The summed E-state index contributed by atoms with van der Waals surface area (Å²) >= 11 is 3.05. The molecule has 1 aliphatic carbocycles. The summed E-state index contributed by atoms with van der Waals surface area (Å²) in [6.07, 6.45) is 2.94. The number of thiophene rings is 1. The van der Waals surface area contributed by atoms with Gasteiger partial charge in [0.1, 0.15) is 5.82 Å². The van der Waals surface area contributed by atoms with Crippen molar-refractivity contribution in [2.45, 2.75) is 43.6 Å². The third kappa shape index (κ3) is 5.77. The minimum Gasteiger partial charge on any atom is -0.493 e. The zero-order valence-electron chi connectivity index (χ0n) is 17.3. The van der Waals surface area contributed by atoms with Crippen molar-refractivity contribution in [2.24, 2.45) is 0 Å². The standard InChI is InChI=1S/C21H22F2N4O3S2/c1-29-17-9-13(4-7-16(17)30-20(22)23)11-24-19(28)12-32-21-26-25-18(27(21)14-5-6-14)10-15-3-2-8-31-15/h2-4,7-9,14,20H,5-6,10-12H2,1H3,(H,24,28). The second kappa shape index (κ2) is 10.3. The van der Waals surface area contributed by atoms with E-state index in [1.54, 1.807) is 23.5 Å². The highest BCUT2D eigenvalue weighted by Gasteiger charge is 2.30. The van der Waals surface area contributed by atoms with Gasteiger partial charge in [-0.15, -0.1) is 21.5 Å². The summed E-state index contributed by atoms with van der Waals surface area (Å²) in [6.45, 7) is -2.70. The molecule has 3 aromatic rings. The normalized spacial score (nSPS) is 13.4. The molecule has 7 nitrogen and oxygen atoms in total. The average Bonchev–Trinajstić information content (AvgIpc) is 3.33. The molecule has 0 bridgehead atoms. The molecule has 0 spiro atoms. The SMILES string of the molecule is COc1cc(CNC(=O)CSc2nnc(Cc3cccs3)n2C2CC2)ccc1OC(F)F. The smallest absolute Gasteiger partial charge is 0.387 e. The summed E-state index contributed by atoms with van der Waals surface area (Å²) in [4.78, 5) is 13.6. The Morgan fingerprint density at radius 3 is 2.84 bits per heavy atom. The maximum absolute atomic E-state index is 12.4. The first kappa shape index (κ1) is 22.5. The highest BCUT2D eigenvalue weighted by atomic mass is 32.2. The van der Waals surface area contributed by atoms with Crippen LogP contribution in [-0.4, -0.2) is 40.1 Å². The fourth-order valence-corrected chi connectivity index (χ4v) is 4.75. The van der Waals surface area contributed by atoms with Gasteiger partial charge in [0.15, 0.2) is 16.7 Å². The van der Waals surface area contributed by atoms with Crippen molar-refractivity contribution in [2.75, 3.05) is 12.9 Å². The second-order valence-corrected chi connectivity index (χ2v) is 9.16. The zero-order chi connectivity index (χ0) is 22.5. The molecular weight excluding hydrogens is 458 g/mol. The average molecular weight is 481 g/mol. The van der Waals surface area contributed by atoms with Gasteiger partial charge in [0.2, 0.25) is 5.91 Å². The van der Waals surface area contributed by atoms with E-state index in [1.165, 1.54) is 29.8 Å². The number of rotatable bonds is 11. The lowest BCUT2D eigenvalue weighted by Gasteiger charge is -2.12. The van der Waals surface area contributed by atoms with Gasteiger partial charge < -0.3 is 19.4 Å². The lowest BCUT2D eigenvalue weighted by atomic mass is 10.2. The van der Waals surface area contributed by atoms with Crippen molar-refractivity contribution in [1.29, 1.82) is 0 Å². The minimum atomic E-state index is -2.94. The summed E-state index contributed by atoms with van der Waals surface area (Å²) in [5.74, 6) is 1.10. The molecule has 1 saturated carbocycles. The van der Waals surface area contributed by atoms with Crippen LogP contribution in [0.4, 0.5) is 8.78 Å². The molecule has 0 saturated heterocycles. The highest BCUT2D eigenvalue weighted by Crippen LogP contribution is 2.39. The zero-order valence-corrected chi connectivity index (χ0v) is 18.9. The van der Waals surface area contributed by atoms with Gasteiger partial charge in [-0.25, -0.2) is 0 Å². The molecule has 2 heterocycles. The first-order chi connectivity index (χ1) is 15.5. The number of amides is 1. The number of benzene rings is 1. The van der Waals surface area contributed by atoms with E-state index < -0.39 is 6.61 Å². The van der Waals surface area contributed by atoms with E-state index in [2.05, 4.69) is 30.9 Å². The van der Waals surface area contributed by atoms with Gasteiger partial charge in [-0.2, -0.15) is 8.78 Å². The molecular formula is C21H22F2N4O3S2. The molecule has 0 aliphatic heterocycles. The third-order valence-corrected chi connectivity index (χ3v) is 6.65. The predicted molar refractivity (Wildman–Crippen MR) is 118 cm³/mol. The van der Waals surface area contributed by atoms with E-state index in [9.17, 15) is 13.6 Å². The number of nitrogens with zero attached hydrogens (tertiary/aromatic N) is 3. The number of carbonyl (C=O) groups excluding carboxylic acids is 1. The van der Waals surface area contributed by atoms with Gasteiger partial charge in [0, 0.05) is 23.9 Å². The number of nitrogens with one attached hydrogen (secondary N) is 1. The van der Waals surface area contributed by atoms with Crippen LogP contribution in [0.5, 0.6) is 11.5 Å². The number of hydrogen-bond donors (Lipinski definition) is 1. The fraction of sp³-hybridized carbons (Fsp3) is 0.381. The van der Waals surface area contributed by atoms with E-state index >= 15 is 0 Å². The first-order valence-electron chi connectivity index (χ1n) is 10.0. The molecule has 32 heavy (non-hydrogen) atoms. The Bertz CT molecular complexity index is 1060. The van der Waals surface area contributed by atoms with E-state index in [0.29, 0.717) is 11.6 Å². The largest absolute Gasteiger partial charge is 0.493 e. The summed E-state index contributed by atoms with van der Waals surface area (Å²) in [7, 11) is 1.37. The highest BCUT2D eigenvalue weighted by molar-refractivity contribution is 7.99. The van der Waals surface area contributed by atoms with E-state index in [1.807, 2.05) is 11.4 Å². The Morgan fingerprint density at radius 1 is 1.31 bits per heavy atom. The molecule has 170 valence electrons. The van der Waals surface area contributed by atoms with Crippen LogP contribution >= 0.6 is 23.1 Å². The minimum absolute atomic E-state index is 0.0501. The first-order valence-corrected chi connectivity index (χ1v) is 11.9. The quantitative estimate of drug-likeness (QED) is 0.413. The molecule has 0 atom stereocenters. The molecule has 0 unspecified atom stereocenters. The molecule has 0 radical (unpaired) electrons. The molecule has 2 aromatic heterocycles. The van der Waals surface area contributed by atoms with Crippen LogP contribution in [0.1, 0.15) is 35.1 Å². The van der Waals surface area contributed by atoms with Gasteiger partial charge in [-0.1, -0.05) is 23.9 Å². The second-order valence-electron chi connectivity index (χ2n) is 7.19. The summed E-state index contributed by atoms with van der Waals surface area (Å²) < 4.78 is 36.5. The van der Waals surface area contributed by atoms with Crippen LogP contribution in [0.3, 0.4) is 0 Å². The summed E-state index contributed by atoms with van der Waals surface area (Å²) in [5.41, 5.74) is 0.709. The molecule has 4 rings (SSSR count). The van der Waals surface area contributed by atoms with Crippen molar-refractivity contribution >= 4 is 29.0 Å². The monoisotopic (exact) mass is 480 g/mol. The maximum Gasteiger partial charge on any atom is 0.387 e. The molecule has 11 heteroatoms. The number of halogens is 2. The van der Waals surface area contributed by atoms with Gasteiger partial charge >= 0.3 is 6.61 Å². The van der Waals surface area contributed by atoms with Crippen LogP contribution < -0.4 is 14.8 Å². The Balaban J connectivity index is 1.32. The van der Waals surface area contributed by atoms with Crippen LogP contribution in [0.25, 0.3) is 0 Å². The Kier molecular flexibility index (Phi) is 7.26. The molecule has 1 aromatic carbocycles. The van der Waals surface area contributed by atoms with Crippen molar-refractivity contribution < 1.29 is 23.0 Å². The Labute approximate surface area is 192 Å². The Hall–Kier alpha value is -2.66. The fourth-order valence-electron chi connectivity index (χ4n) is 3.19. The van der Waals surface area contributed by atoms with Crippen molar-refractivity contribution in [3.8, 4) is 11.5 Å². The lowest BCUT2D eigenvalue weighted by Crippen LogP contribution is -2.24. The van der Waals surface area contributed by atoms with Crippen molar-refractivity contribution in [3.63, 3.8) is 0 Å². The van der Waals surface area contributed by atoms with Crippen LogP contribution in [0.2, 0.25) is 0 Å². The van der Waals surface area contributed by atoms with Gasteiger partial charge in [0.05, 0.1) is 12.9 Å². The van der Waals surface area contributed by atoms with Gasteiger partial charge in [-0.3, -0.25) is 4.79 Å². The topological polar surface area (TPSA) is 78.3 Å². The van der Waals surface area contributed by atoms with E-state index in [-0.39, 0.29) is 29.7 Å². The van der Waals surface area contributed by atoms with Gasteiger partial charge in [0.25, 0.3) is 0 Å². The van der Waals surface area contributed by atoms with Crippen LogP contribution in [0, 0.1) is 0 Å². The predicted octanol–water partition coefficient (Wildman–Crippen LogP) is 4.28. The van der Waals surface area contributed by atoms with Crippen LogP contribution in [-0.2, 0) is 17.8 Å². The number of aromatic nitrogens is 3. The Morgan fingerprint density at radius 2 is 2.16 bits per heavy atom. The number of hydrogen-bond acceptors (Lipinski definition) is 7. The molecule has 1 N–H and O–H groups in total.